The second-order valence-corrected chi connectivity index (χ2v) is 4.84. The normalized spacial score (nSPS) is 20.1. The number of rotatable bonds is 7. The molecule has 16 heavy (non-hydrogen) atoms. The van der Waals surface area contributed by atoms with Gasteiger partial charge in [0, 0.05) is 6.92 Å². The van der Waals surface area contributed by atoms with E-state index in [0.29, 0.717) is 10.5 Å². The van der Waals surface area contributed by atoms with E-state index in [2.05, 4.69) is 0 Å². The van der Waals surface area contributed by atoms with Crippen molar-refractivity contribution in [2.75, 3.05) is 28.2 Å². The Bertz CT molecular complexity index is 187. The van der Waals surface area contributed by atoms with Crippen LogP contribution in [0.15, 0.2) is 0 Å². The predicted octanol–water partition coefficient (Wildman–Crippen LogP) is -0.194. The van der Waals surface area contributed by atoms with Crippen LogP contribution in [0.4, 0.5) is 0 Å². The lowest BCUT2D eigenvalue weighted by atomic mass is 10.5. The maximum absolute atomic E-state index is 5.76. The summed E-state index contributed by atoms with van der Waals surface area (Å²) in [6.45, 7) is 5.73. The second kappa shape index (κ2) is 6.68. The van der Waals surface area contributed by atoms with Crippen LogP contribution >= 0.6 is 0 Å². The van der Waals surface area contributed by atoms with Crippen LogP contribution in [0.1, 0.15) is 20.8 Å². The average Bonchev–Trinajstić information content (AvgIpc) is 2.17. The van der Waals surface area contributed by atoms with Crippen LogP contribution in [-0.4, -0.2) is 66.9 Å². The number of ether oxygens (including phenoxy) is 2. The maximum atomic E-state index is 5.76. The summed E-state index contributed by atoms with van der Waals surface area (Å²) >= 11 is 0. The largest absolute Gasteiger partial charge is 0.380 e. The van der Waals surface area contributed by atoms with Crippen molar-refractivity contribution in [3.8, 4) is 0 Å². The van der Waals surface area contributed by atoms with E-state index in [4.69, 9.17) is 13.9 Å². The molecule has 0 aliphatic heterocycles. The van der Waals surface area contributed by atoms with Crippen molar-refractivity contribution in [1.82, 2.24) is 9.80 Å². The monoisotopic (exact) mass is 250 g/mol. The van der Waals surface area contributed by atoms with E-state index in [1.54, 1.807) is 6.92 Å². The molecule has 5 nitrogen and oxygen atoms in total. The Morgan fingerprint density at radius 3 is 1.44 bits per heavy atom. The number of hydrogen-bond donors (Lipinski definition) is 0. The minimum Gasteiger partial charge on any atom is -0.380 e. The number of hydrogen-bond acceptors (Lipinski definition) is 5. The molecule has 0 fully saturated rings. The van der Waals surface area contributed by atoms with Gasteiger partial charge in [0.15, 0.2) is 10.5 Å². The zero-order valence-electron chi connectivity index (χ0n) is 11.8. The average molecular weight is 250 g/mol. The highest BCUT2D eigenvalue weighted by Crippen LogP contribution is 2.19. The molecule has 0 amide bonds. The summed E-state index contributed by atoms with van der Waals surface area (Å²) in [6, 6.07) is 0. The van der Waals surface area contributed by atoms with Gasteiger partial charge in [-0.3, -0.25) is 9.80 Å². The first-order chi connectivity index (χ1) is 7.22. The summed E-state index contributed by atoms with van der Waals surface area (Å²) < 4.78 is 16.9. The summed E-state index contributed by atoms with van der Waals surface area (Å²) in [5.74, 6) is -0.973. The van der Waals surface area contributed by atoms with Crippen LogP contribution in [0.5, 0.6) is 0 Å². The van der Waals surface area contributed by atoms with Crippen LogP contribution in [0.3, 0.4) is 0 Å². The molecule has 0 aliphatic rings. The van der Waals surface area contributed by atoms with Gasteiger partial charge >= 0.3 is 0 Å². The molecular weight excluding hydrogens is 224 g/mol. The molecule has 0 aromatic heterocycles. The molecule has 6 heteroatoms. The Kier molecular flexibility index (Phi) is 6.69. The highest BCUT2D eigenvalue weighted by atomic mass is 28.2. The summed E-state index contributed by atoms with van der Waals surface area (Å²) in [4.78, 5) is 3.92. The van der Waals surface area contributed by atoms with Crippen molar-refractivity contribution in [1.29, 1.82) is 0 Å². The summed E-state index contributed by atoms with van der Waals surface area (Å²) in [6.07, 6.45) is -0.123. The van der Waals surface area contributed by atoms with Gasteiger partial charge in [-0.25, -0.2) is 0 Å². The summed E-state index contributed by atoms with van der Waals surface area (Å²) in [5.41, 5.74) is 0. The molecule has 0 heterocycles. The highest BCUT2D eigenvalue weighted by molar-refractivity contribution is 5.98. The molecule has 2 atom stereocenters. The zero-order valence-corrected chi connectivity index (χ0v) is 13.8. The number of nitrogens with zero attached hydrogens (tertiary/aromatic N) is 2. The Balaban J connectivity index is 4.41. The third-order valence-electron chi connectivity index (χ3n) is 2.59. The van der Waals surface area contributed by atoms with Gasteiger partial charge in [0.05, 0.1) is 0 Å². The third kappa shape index (κ3) is 5.38. The van der Waals surface area contributed by atoms with E-state index in [-0.39, 0.29) is 12.5 Å². The van der Waals surface area contributed by atoms with Crippen LogP contribution in [0.2, 0.25) is 0 Å². The molecule has 0 spiro atoms. The van der Waals surface area contributed by atoms with E-state index >= 15 is 0 Å². The second-order valence-electron chi connectivity index (χ2n) is 4.43. The van der Waals surface area contributed by atoms with Gasteiger partial charge in [-0.2, -0.15) is 0 Å². The van der Waals surface area contributed by atoms with Gasteiger partial charge in [-0.05, 0) is 42.0 Å². The maximum Gasteiger partial charge on any atom is 0.272 e. The quantitative estimate of drug-likeness (QED) is 0.462. The Hall–Kier alpha value is 0.0169. The molecule has 0 saturated heterocycles. The van der Waals surface area contributed by atoms with Crippen molar-refractivity contribution in [3.05, 3.63) is 0 Å². The predicted molar refractivity (Wildman–Crippen MR) is 67.9 cm³/mol. The van der Waals surface area contributed by atoms with Crippen LogP contribution < -0.4 is 0 Å². The van der Waals surface area contributed by atoms with Crippen molar-refractivity contribution in [2.24, 2.45) is 0 Å². The standard InChI is InChI=1S/C10H26N2O3Si/c1-8(11(4)5)13-10(3,15-16)14-9(2)12(6)7/h8-9H,1-7,16H3. The molecule has 0 rings (SSSR count). The molecule has 0 bridgehead atoms. The fraction of sp³-hybridized carbons (Fsp3) is 1.00. The van der Waals surface area contributed by atoms with Crippen molar-refractivity contribution in [2.45, 2.75) is 39.2 Å². The molecule has 0 aromatic carbocycles. The lowest BCUT2D eigenvalue weighted by Gasteiger charge is -2.37. The van der Waals surface area contributed by atoms with Crippen LogP contribution in [-0.2, 0) is 13.9 Å². The van der Waals surface area contributed by atoms with Gasteiger partial charge in [0.25, 0.3) is 5.97 Å². The van der Waals surface area contributed by atoms with E-state index in [1.165, 1.54) is 0 Å². The SMILES string of the molecule is CC(OC(C)(O[SiH3])OC(C)N(C)C)N(C)C. The van der Waals surface area contributed by atoms with E-state index in [9.17, 15) is 0 Å². The first kappa shape index (κ1) is 16.0. The van der Waals surface area contributed by atoms with Gasteiger partial charge in [-0.1, -0.05) is 0 Å². The topological polar surface area (TPSA) is 34.2 Å². The molecule has 0 N–H and O–H groups in total. The zero-order chi connectivity index (χ0) is 12.9. The van der Waals surface area contributed by atoms with Gasteiger partial charge < -0.3 is 13.9 Å². The van der Waals surface area contributed by atoms with Gasteiger partial charge in [0.2, 0.25) is 0 Å². The van der Waals surface area contributed by atoms with Gasteiger partial charge in [0.1, 0.15) is 12.5 Å². The minimum atomic E-state index is -0.973. The fourth-order valence-electron chi connectivity index (χ4n) is 0.954. The fourth-order valence-corrected chi connectivity index (χ4v) is 1.15. The van der Waals surface area contributed by atoms with Crippen molar-refractivity contribution in [3.63, 3.8) is 0 Å². The van der Waals surface area contributed by atoms with Crippen molar-refractivity contribution < 1.29 is 13.9 Å². The summed E-state index contributed by atoms with van der Waals surface area (Å²) in [5, 5.41) is 0. The molecular formula is C10H26N2O3Si. The molecule has 98 valence electrons. The minimum absolute atomic E-state index is 0.0617. The molecule has 0 aromatic rings. The highest BCUT2D eigenvalue weighted by Gasteiger charge is 2.31. The van der Waals surface area contributed by atoms with Gasteiger partial charge in [-0.15, -0.1) is 0 Å². The first-order valence-corrected chi connectivity index (χ1v) is 6.27. The lowest BCUT2D eigenvalue weighted by Crippen LogP contribution is -2.46. The van der Waals surface area contributed by atoms with Crippen LogP contribution in [0, 0.1) is 0 Å². The Labute approximate surface area is 102 Å². The van der Waals surface area contributed by atoms with Crippen molar-refractivity contribution >= 4 is 10.5 Å². The van der Waals surface area contributed by atoms with Crippen LogP contribution in [0.25, 0.3) is 0 Å². The van der Waals surface area contributed by atoms with E-state index in [0.717, 1.165) is 0 Å². The molecule has 0 radical (unpaired) electrons. The molecule has 2 unspecified atom stereocenters. The van der Waals surface area contributed by atoms with E-state index in [1.807, 2.05) is 51.8 Å². The Morgan fingerprint density at radius 2 is 1.25 bits per heavy atom. The third-order valence-corrected chi connectivity index (χ3v) is 3.34. The van der Waals surface area contributed by atoms with E-state index < -0.39 is 5.97 Å². The smallest absolute Gasteiger partial charge is 0.272 e. The first-order valence-electron chi connectivity index (χ1n) is 5.45. The Morgan fingerprint density at radius 1 is 0.938 bits per heavy atom. The molecule has 0 saturated carbocycles. The summed E-state index contributed by atoms with van der Waals surface area (Å²) in [7, 11) is 8.37. The lowest BCUT2D eigenvalue weighted by molar-refractivity contribution is -0.381. The molecule has 0 aliphatic carbocycles.